The largest absolute Gasteiger partial charge is 0.463 e. The molecule has 0 saturated heterocycles. The number of ether oxygens (including phenoxy) is 2. The molecule has 124 valence electrons. The molecule has 0 spiro atoms. The minimum Gasteiger partial charge on any atom is -0.463 e. The normalized spacial score (nSPS) is 8.48. The molecule has 21 heavy (non-hydrogen) atoms. The summed E-state index contributed by atoms with van der Waals surface area (Å²) in [5.41, 5.74) is 0. The van der Waals surface area contributed by atoms with E-state index in [4.69, 9.17) is 10.2 Å². The first-order chi connectivity index (χ1) is 9.85. The highest BCUT2D eigenvalue weighted by Crippen LogP contribution is 1.88. The first-order valence-corrected chi connectivity index (χ1v) is 6.72. The van der Waals surface area contributed by atoms with Crippen LogP contribution < -0.4 is 0 Å². The van der Waals surface area contributed by atoms with Gasteiger partial charge in [-0.1, -0.05) is 26.5 Å². The maximum absolute atomic E-state index is 10.3. The first kappa shape index (κ1) is 24.4. The topological polar surface area (TPSA) is 93.1 Å². The number of hydrogen-bond acceptors (Lipinski definition) is 6. The van der Waals surface area contributed by atoms with Gasteiger partial charge in [0.1, 0.15) is 6.61 Å². The molecule has 0 aliphatic heterocycles. The average Bonchev–Trinajstić information content (AvgIpc) is 2.44. The van der Waals surface area contributed by atoms with Crippen molar-refractivity contribution in [3.8, 4) is 0 Å². The smallest absolute Gasteiger partial charge is 0.330 e. The van der Waals surface area contributed by atoms with Gasteiger partial charge in [0, 0.05) is 18.3 Å². The summed E-state index contributed by atoms with van der Waals surface area (Å²) >= 11 is 0. The highest BCUT2D eigenvalue weighted by molar-refractivity contribution is 5.81. The predicted octanol–water partition coefficient (Wildman–Crippen LogP) is 1.61. The Morgan fingerprint density at radius 1 is 1.10 bits per heavy atom. The Morgan fingerprint density at radius 2 is 1.48 bits per heavy atom. The van der Waals surface area contributed by atoms with Crippen LogP contribution in [0.1, 0.15) is 33.6 Å². The number of esters is 2. The summed E-state index contributed by atoms with van der Waals surface area (Å²) in [5, 5.41) is 16.2. The SMILES string of the molecule is C=CC(=O)OCCCC.C=CC(=O)OCCO.CC(C)O. The maximum atomic E-state index is 10.3. The summed E-state index contributed by atoms with van der Waals surface area (Å²) in [6.45, 7) is 12.3. The van der Waals surface area contributed by atoms with E-state index in [1.807, 2.05) is 6.92 Å². The van der Waals surface area contributed by atoms with Crippen molar-refractivity contribution in [2.45, 2.75) is 39.7 Å². The van der Waals surface area contributed by atoms with Crippen LogP contribution in [0.25, 0.3) is 0 Å². The Hall–Kier alpha value is -1.66. The van der Waals surface area contributed by atoms with Crippen molar-refractivity contribution in [2.75, 3.05) is 19.8 Å². The molecule has 0 aliphatic carbocycles. The van der Waals surface area contributed by atoms with Gasteiger partial charge in [-0.15, -0.1) is 0 Å². The van der Waals surface area contributed by atoms with E-state index < -0.39 is 5.97 Å². The zero-order valence-corrected chi connectivity index (χ0v) is 13.2. The van der Waals surface area contributed by atoms with Gasteiger partial charge >= 0.3 is 11.9 Å². The van der Waals surface area contributed by atoms with E-state index in [1.165, 1.54) is 6.08 Å². The van der Waals surface area contributed by atoms with Crippen molar-refractivity contribution >= 4 is 11.9 Å². The van der Waals surface area contributed by atoms with Gasteiger partial charge < -0.3 is 19.7 Å². The second-order valence-electron chi connectivity index (χ2n) is 3.91. The molecule has 0 fully saturated rings. The van der Waals surface area contributed by atoms with Crippen LogP contribution in [0.3, 0.4) is 0 Å². The lowest BCUT2D eigenvalue weighted by atomic mass is 10.4. The van der Waals surface area contributed by atoms with Crippen molar-refractivity contribution in [1.29, 1.82) is 0 Å². The molecule has 2 N–H and O–H groups in total. The van der Waals surface area contributed by atoms with Crippen molar-refractivity contribution in [3.63, 3.8) is 0 Å². The summed E-state index contributed by atoms with van der Waals surface area (Å²) in [6, 6.07) is 0. The highest BCUT2D eigenvalue weighted by Gasteiger charge is 1.91. The number of rotatable bonds is 7. The third kappa shape index (κ3) is 38.1. The molecule has 0 aromatic rings. The molecule has 0 saturated carbocycles. The predicted molar refractivity (Wildman–Crippen MR) is 81.7 cm³/mol. The Morgan fingerprint density at radius 3 is 1.76 bits per heavy atom. The Labute approximate surface area is 127 Å². The highest BCUT2D eigenvalue weighted by atomic mass is 16.5. The van der Waals surface area contributed by atoms with Gasteiger partial charge in [0.05, 0.1) is 13.2 Å². The number of carbonyl (C=O) groups is 2. The molecular weight excluding hydrogens is 276 g/mol. The van der Waals surface area contributed by atoms with E-state index in [1.54, 1.807) is 13.8 Å². The molecule has 0 atom stereocenters. The second kappa shape index (κ2) is 20.7. The van der Waals surface area contributed by atoms with Gasteiger partial charge in [-0.25, -0.2) is 9.59 Å². The van der Waals surface area contributed by atoms with Crippen molar-refractivity contribution in [2.24, 2.45) is 0 Å². The van der Waals surface area contributed by atoms with Crippen LogP contribution in [0.5, 0.6) is 0 Å². The number of aliphatic hydroxyl groups is 2. The lowest BCUT2D eigenvalue weighted by molar-refractivity contribution is -0.139. The van der Waals surface area contributed by atoms with Crippen molar-refractivity contribution < 1.29 is 29.3 Å². The van der Waals surface area contributed by atoms with Gasteiger partial charge in [-0.3, -0.25) is 0 Å². The molecule has 0 rings (SSSR count). The average molecular weight is 304 g/mol. The third-order valence-electron chi connectivity index (χ3n) is 1.41. The van der Waals surface area contributed by atoms with E-state index in [9.17, 15) is 9.59 Å². The molecular formula is C15H28O6. The van der Waals surface area contributed by atoms with Crippen LogP contribution >= 0.6 is 0 Å². The standard InChI is InChI=1S/C7H12O2.C5H8O3.C3H8O/c1-3-5-6-9-7(8)4-2;1-2-5(7)8-4-3-6;1-3(2)4/h4H,2-3,5-6H2,1H3;2,6H,1,3-4H2;3-4H,1-2H3. The molecule has 0 bridgehead atoms. The number of carbonyl (C=O) groups excluding carboxylic acids is 2. The second-order valence-corrected chi connectivity index (χ2v) is 3.91. The summed E-state index contributed by atoms with van der Waals surface area (Å²) in [7, 11) is 0. The number of aliphatic hydroxyl groups excluding tert-OH is 2. The number of hydrogen-bond donors (Lipinski definition) is 2. The molecule has 6 heteroatoms. The first-order valence-electron chi connectivity index (χ1n) is 6.72. The van der Waals surface area contributed by atoms with E-state index in [2.05, 4.69) is 22.6 Å². The molecule has 6 nitrogen and oxygen atoms in total. The van der Waals surface area contributed by atoms with E-state index >= 15 is 0 Å². The van der Waals surface area contributed by atoms with Crippen LogP contribution in [0, 0.1) is 0 Å². The number of unbranched alkanes of at least 4 members (excludes halogenated alkanes) is 1. The maximum Gasteiger partial charge on any atom is 0.330 e. The lowest BCUT2D eigenvalue weighted by Crippen LogP contribution is -2.04. The summed E-state index contributed by atoms with van der Waals surface area (Å²) in [5.74, 6) is -0.831. The Kier molecular flexibility index (Phi) is 24.0. The zero-order chi connectivity index (χ0) is 17.1. The molecule has 0 aromatic heterocycles. The Bertz CT molecular complexity index is 271. The van der Waals surface area contributed by atoms with Crippen LogP contribution in [0.15, 0.2) is 25.3 Å². The minimum atomic E-state index is -0.501. The fraction of sp³-hybridized carbons (Fsp3) is 0.600. The fourth-order valence-corrected chi connectivity index (χ4v) is 0.581. The quantitative estimate of drug-likeness (QED) is 0.422. The Balaban J connectivity index is -0.000000249. The van der Waals surface area contributed by atoms with Crippen LogP contribution in [-0.2, 0) is 19.1 Å². The van der Waals surface area contributed by atoms with Crippen LogP contribution in [0.4, 0.5) is 0 Å². The molecule has 0 heterocycles. The van der Waals surface area contributed by atoms with Crippen LogP contribution in [-0.4, -0.2) is 48.1 Å². The monoisotopic (exact) mass is 304 g/mol. The fourth-order valence-electron chi connectivity index (χ4n) is 0.581. The zero-order valence-electron chi connectivity index (χ0n) is 13.2. The van der Waals surface area contributed by atoms with Crippen LogP contribution in [0.2, 0.25) is 0 Å². The van der Waals surface area contributed by atoms with Crippen molar-refractivity contribution in [1.82, 2.24) is 0 Å². The molecule has 0 amide bonds. The molecule has 0 aliphatic rings. The molecule has 0 radical (unpaired) electrons. The third-order valence-corrected chi connectivity index (χ3v) is 1.41. The van der Waals surface area contributed by atoms with E-state index in [0.717, 1.165) is 18.9 Å². The lowest BCUT2D eigenvalue weighted by Gasteiger charge is -1.97. The molecule has 0 aromatic carbocycles. The summed E-state index contributed by atoms with van der Waals surface area (Å²) in [4.78, 5) is 20.5. The van der Waals surface area contributed by atoms with Gasteiger partial charge in [-0.2, -0.15) is 0 Å². The summed E-state index contributed by atoms with van der Waals surface area (Å²) in [6.07, 6.45) is 4.04. The van der Waals surface area contributed by atoms with E-state index in [-0.39, 0.29) is 25.3 Å². The van der Waals surface area contributed by atoms with E-state index in [0.29, 0.717) is 6.61 Å². The summed E-state index contributed by atoms with van der Waals surface area (Å²) < 4.78 is 9.01. The van der Waals surface area contributed by atoms with Crippen molar-refractivity contribution in [3.05, 3.63) is 25.3 Å². The minimum absolute atomic E-state index is 0.0465. The van der Waals surface area contributed by atoms with Gasteiger partial charge in [0.25, 0.3) is 0 Å². The molecule has 0 unspecified atom stereocenters. The van der Waals surface area contributed by atoms with Gasteiger partial charge in [0.15, 0.2) is 0 Å². The van der Waals surface area contributed by atoms with Gasteiger partial charge in [0.2, 0.25) is 0 Å². The van der Waals surface area contributed by atoms with Gasteiger partial charge in [-0.05, 0) is 20.3 Å².